The third-order valence-corrected chi connectivity index (χ3v) is 12.2. The van der Waals surface area contributed by atoms with Crippen molar-refractivity contribution in [1.82, 2.24) is 15.6 Å². The summed E-state index contributed by atoms with van der Waals surface area (Å²) >= 11 is 0. The molecule has 1 aromatic heterocycles. The summed E-state index contributed by atoms with van der Waals surface area (Å²) in [6.07, 6.45) is 6.43. The fourth-order valence-electron chi connectivity index (χ4n) is 9.86. The molecule has 0 radical (unpaired) electrons. The van der Waals surface area contributed by atoms with Crippen LogP contribution in [-0.2, 0) is 24.2 Å². The number of benzene rings is 3. The van der Waals surface area contributed by atoms with Crippen LogP contribution in [0.25, 0.3) is 22.2 Å². The average molecular weight is 636 g/mol. The Hall–Kier alpha value is -4.17. The lowest BCUT2D eigenvalue weighted by Gasteiger charge is -2.53. The Balaban J connectivity index is 0.949. The van der Waals surface area contributed by atoms with Crippen molar-refractivity contribution in [2.75, 3.05) is 6.54 Å². The van der Waals surface area contributed by atoms with Gasteiger partial charge < -0.3 is 25.8 Å². The van der Waals surface area contributed by atoms with Crippen LogP contribution in [0.15, 0.2) is 54.6 Å². The lowest BCUT2D eigenvalue weighted by molar-refractivity contribution is -0.122. The van der Waals surface area contributed by atoms with Gasteiger partial charge in [-0.15, -0.1) is 0 Å². The van der Waals surface area contributed by atoms with Gasteiger partial charge >= 0.3 is 0 Å². The number of halogens is 1. The van der Waals surface area contributed by atoms with Gasteiger partial charge in [0.25, 0.3) is 5.91 Å². The Morgan fingerprint density at radius 3 is 2.74 bits per heavy atom. The molecule has 2 fully saturated rings. The van der Waals surface area contributed by atoms with Gasteiger partial charge in [-0.1, -0.05) is 37.3 Å². The number of aliphatic hydroxyl groups is 1. The summed E-state index contributed by atoms with van der Waals surface area (Å²) < 4.78 is 14.3. The van der Waals surface area contributed by atoms with E-state index < -0.39 is 5.82 Å². The number of hydrogen-bond acceptors (Lipinski definition) is 4. The third-order valence-electron chi connectivity index (χ3n) is 12.2. The van der Waals surface area contributed by atoms with Crippen LogP contribution in [0.5, 0.6) is 5.75 Å². The normalized spacial score (nSPS) is 27.8. The second kappa shape index (κ2) is 11.5. The van der Waals surface area contributed by atoms with Crippen LogP contribution in [0.3, 0.4) is 0 Å². The molecule has 47 heavy (non-hydrogen) atoms. The molecule has 1 aliphatic heterocycles. The SMILES string of the molecule is C[C@]12CC[C@@H]3c4ccc(O)cc4CC(CCC(=O)NCc4ccc(-c5[nH]c6cc(F)cc7c6c5CCNC7=O)cc4)[C@H]3[C@@H]1CC[C@@H]2O. The number of amides is 2. The lowest BCUT2D eigenvalue weighted by atomic mass is 9.52. The Labute approximate surface area is 274 Å². The van der Waals surface area contributed by atoms with Gasteiger partial charge in [0.05, 0.1) is 11.7 Å². The summed E-state index contributed by atoms with van der Waals surface area (Å²) in [4.78, 5) is 29.1. The Bertz CT molecular complexity index is 1880. The van der Waals surface area contributed by atoms with E-state index in [0.29, 0.717) is 66.4 Å². The first-order chi connectivity index (χ1) is 22.7. The topological polar surface area (TPSA) is 114 Å². The fourth-order valence-corrected chi connectivity index (χ4v) is 9.86. The minimum Gasteiger partial charge on any atom is -0.508 e. The quantitative estimate of drug-likeness (QED) is 0.166. The minimum atomic E-state index is -0.447. The molecule has 2 amide bonds. The van der Waals surface area contributed by atoms with E-state index in [9.17, 15) is 24.2 Å². The van der Waals surface area contributed by atoms with Crippen LogP contribution in [-0.4, -0.2) is 39.7 Å². The van der Waals surface area contributed by atoms with Crippen LogP contribution in [0.4, 0.5) is 4.39 Å². The highest BCUT2D eigenvalue weighted by atomic mass is 19.1. The number of nitrogens with one attached hydrogen (secondary N) is 3. The first-order valence-corrected chi connectivity index (χ1v) is 17.2. The highest BCUT2D eigenvalue weighted by Crippen LogP contribution is 2.62. The number of aromatic amines is 1. The van der Waals surface area contributed by atoms with Crippen molar-refractivity contribution >= 4 is 22.7 Å². The van der Waals surface area contributed by atoms with E-state index in [0.717, 1.165) is 66.3 Å². The monoisotopic (exact) mass is 635 g/mol. The fraction of sp³-hybridized carbons (Fsp3) is 0.436. The van der Waals surface area contributed by atoms with E-state index in [1.54, 1.807) is 0 Å². The zero-order valence-corrected chi connectivity index (χ0v) is 26.7. The number of phenols is 1. The number of carbonyl (C=O) groups excluding carboxylic acids is 2. The first kappa shape index (κ1) is 30.2. The molecule has 0 saturated heterocycles. The van der Waals surface area contributed by atoms with Gasteiger partial charge in [-0.05, 0) is 126 Å². The van der Waals surface area contributed by atoms with Crippen molar-refractivity contribution in [2.24, 2.45) is 23.2 Å². The van der Waals surface area contributed by atoms with Gasteiger partial charge in [-0.25, -0.2) is 4.39 Å². The highest BCUT2D eigenvalue weighted by molar-refractivity contribution is 6.10. The zero-order valence-electron chi connectivity index (χ0n) is 26.7. The molecule has 244 valence electrons. The maximum atomic E-state index is 14.3. The molecule has 3 aliphatic carbocycles. The van der Waals surface area contributed by atoms with Crippen LogP contribution in [0.2, 0.25) is 0 Å². The highest BCUT2D eigenvalue weighted by Gasteiger charge is 2.56. The zero-order chi connectivity index (χ0) is 32.4. The van der Waals surface area contributed by atoms with Crippen LogP contribution >= 0.6 is 0 Å². The predicted octanol–water partition coefficient (Wildman–Crippen LogP) is 6.51. The van der Waals surface area contributed by atoms with Crippen molar-refractivity contribution in [3.63, 3.8) is 0 Å². The Morgan fingerprint density at radius 2 is 1.91 bits per heavy atom. The largest absolute Gasteiger partial charge is 0.508 e. The minimum absolute atomic E-state index is 0.0281. The number of rotatable bonds is 6. The van der Waals surface area contributed by atoms with Gasteiger partial charge in [-0.3, -0.25) is 9.59 Å². The summed E-state index contributed by atoms with van der Waals surface area (Å²) in [5.41, 5.74) is 7.30. The molecule has 2 heterocycles. The van der Waals surface area contributed by atoms with E-state index >= 15 is 0 Å². The second-order valence-corrected chi connectivity index (χ2v) is 14.6. The van der Waals surface area contributed by atoms with Gasteiger partial charge in [0.15, 0.2) is 0 Å². The van der Waals surface area contributed by atoms with Gasteiger partial charge in [0.1, 0.15) is 11.6 Å². The molecule has 4 aromatic rings. The molecular formula is C39H42FN3O4. The van der Waals surface area contributed by atoms with Crippen molar-refractivity contribution in [1.29, 1.82) is 0 Å². The van der Waals surface area contributed by atoms with Crippen molar-refractivity contribution in [3.8, 4) is 17.0 Å². The standard InChI is InChI=1S/C39H42FN3O4/c1-39-14-12-28-27-8-7-26(44)17-24(27)16-23(35(28)31(39)9-10-33(39)45)6-11-34(46)42-20-21-2-4-22(5-3-21)37-29-13-15-41-38(47)30-18-25(40)19-32(43-37)36(29)30/h2-5,7-8,17-19,23,28,31,33,35,43-45H,6,9-16,20H2,1H3,(H,41,47)(H,42,46)/t23?,28-,31+,33+,35-,39+/m1/s1. The first-order valence-electron chi connectivity index (χ1n) is 17.2. The maximum Gasteiger partial charge on any atom is 0.252 e. The summed E-state index contributed by atoms with van der Waals surface area (Å²) in [7, 11) is 0. The molecule has 0 spiro atoms. The molecular weight excluding hydrogens is 593 g/mol. The smallest absolute Gasteiger partial charge is 0.252 e. The van der Waals surface area contributed by atoms with E-state index in [2.05, 4.69) is 28.6 Å². The van der Waals surface area contributed by atoms with Crippen molar-refractivity contribution in [3.05, 3.63) is 88.2 Å². The van der Waals surface area contributed by atoms with E-state index in [1.165, 1.54) is 23.3 Å². The van der Waals surface area contributed by atoms with Crippen molar-refractivity contribution in [2.45, 2.75) is 76.9 Å². The van der Waals surface area contributed by atoms with E-state index in [1.807, 2.05) is 36.4 Å². The number of H-pyrrole nitrogens is 1. The number of phenolic OH excluding ortho intramolecular Hbond substituents is 1. The molecule has 2 saturated carbocycles. The summed E-state index contributed by atoms with van der Waals surface area (Å²) in [5, 5.41) is 28.0. The van der Waals surface area contributed by atoms with Crippen LogP contribution in [0, 0.1) is 29.0 Å². The predicted molar refractivity (Wildman–Crippen MR) is 178 cm³/mol. The summed E-state index contributed by atoms with van der Waals surface area (Å²) in [6.45, 7) is 3.18. The molecule has 4 aliphatic rings. The Morgan fingerprint density at radius 1 is 1.09 bits per heavy atom. The number of aromatic nitrogens is 1. The van der Waals surface area contributed by atoms with Gasteiger partial charge in [0, 0.05) is 36.1 Å². The van der Waals surface area contributed by atoms with Gasteiger partial charge in [-0.2, -0.15) is 0 Å². The summed E-state index contributed by atoms with van der Waals surface area (Å²) in [5.74, 6) is 1.24. The second-order valence-electron chi connectivity index (χ2n) is 14.6. The molecule has 3 aromatic carbocycles. The molecule has 7 nitrogen and oxygen atoms in total. The van der Waals surface area contributed by atoms with Gasteiger partial charge in [0.2, 0.25) is 5.91 Å². The number of aromatic hydroxyl groups is 1. The number of aliphatic hydroxyl groups excluding tert-OH is 1. The lowest BCUT2D eigenvalue weighted by Crippen LogP contribution is -2.47. The molecule has 8 heteroatoms. The van der Waals surface area contributed by atoms with E-state index in [4.69, 9.17) is 0 Å². The maximum absolute atomic E-state index is 14.3. The molecule has 1 unspecified atom stereocenters. The molecule has 6 atom stereocenters. The van der Waals surface area contributed by atoms with Crippen LogP contribution in [0.1, 0.15) is 84.0 Å². The van der Waals surface area contributed by atoms with Crippen LogP contribution < -0.4 is 10.6 Å². The van der Waals surface area contributed by atoms with Crippen molar-refractivity contribution < 1.29 is 24.2 Å². The molecule has 5 N–H and O–H groups in total. The average Bonchev–Trinajstić information content (AvgIpc) is 3.52. The third kappa shape index (κ3) is 5.12. The number of fused-ring (bicyclic) bond motifs is 5. The summed E-state index contributed by atoms with van der Waals surface area (Å²) in [6, 6.07) is 16.6. The molecule has 8 rings (SSSR count). The number of hydrogen-bond donors (Lipinski definition) is 5. The van der Waals surface area contributed by atoms with E-state index in [-0.39, 0.29) is 23.3 Å². The molecule has 0 bridgehead atoms. The number of carbonyl (C=O) groups is 2. The Kier molecular flexibility index (Phi) is 7.39.